The fraction of sp³-hybridized carbons (Fsp3) is 0.407. The summed E-state index contributed by atoms with van der Waals surface area (Å²) in [4.78, 5) is 48.8. The molecule has 2 aromatic rings. The number of halogens is 2. The van der Waals surface area contributed by atoms with Crippen LogP contribution in [0.25, 0.3) is 0 Å². The quantitative estimate of drug-likeness (QED) is 0.456. The van der Waals surface area contributed by atoms with Crippen LogP contribution >= 0.6 is 35.0 Å². The summed E-state index contributed by atoms with van der Waals surface area (Å²) in [6.07, 6.45) is -0.513. The molecule has 1 aliphatic rings. The van der Waals surface area contributed by atoms with Gasteiger partial charge in [-0.25, -0.2) is 4.79 Å². The van der Waals surface area contributed by atoms with Gasteiger partial charge in [-0.2, -0.15) is 11.8 Å². The molecule has 39 heavy (non-hydrogen) atoms. The highest BCUT2D eigenvalue weighted by atomic mass is 35.5. The zero-order chi connectivity index (χ0) is 29.2. The van der Waals surface area contributed by atoms with Crippen molar-refractivity contribution in [3.63, 3.8) is 0 Å². The Bertz CT molecular complexity index is 1150. The van der Waals surface area contributed by atoms with Gasteiger partial charge in [-0.3, -0.25) is 19.3 Å². The number of benzene rings is 2. The van der Waals surface area contributed by atoms with Crippen molar-refractivity contribution in [1.82, 2.24) is 10.2 Å². The maximum Gasteiger partial charge on any atom is 0.411 e. The van der Waals surface area contributed by atoms with Crippen molar-refractivity contribution in [1.29, 1.82) is 0 Å². The predicted octanol–water partition coefficient (Wildman–Crippen LogP) is 5.18. The maximum atomic E-state index is 12.1. The number of rotatable bonds is 5. The largest absolute Gasteiger partial charge is 0.468 e. The normalized spacial score (nSPS) is 14.8. The van der Waals surface area contributed by atoms with E-state index in [4.69, 9.17) is 27.9 Å². The summed E-state index contributed by atoms with van der Waals surface area (Å²) in [5, 5.41) is 5.91. The fourth-order valence-corrected chi connectivity index (χ4v) is 4.87. The second kappa shape index (κ2) is 15.0. The maximum absolute atomic E-state index is 12.1. The zero-order valence-electron chi connectivity index (χ0n) is 22.5. The number of hydrogen-bond acceptors (Lipinski definition) is 7. The minimum Gasteiger partial charge on any atom is -0.468 e. The Morgan fingerprint density at radius 2 is 1.67 bits per heavy atom. The number of nitrogens with zero attached hydrogens (tertiary/aromatic N) is 1. The number of methoxy groups -OCH3 is 1. The summed E-state index contributed by atoms with van der Waals surface area (Å²) in [7, 11) is 1.25. The molecular formula is C27H33Cl2N3O6S. The standard InChI is InChI=1S/C14H11Cl2NO.C13H22N2O5S/c1-9-5-7-10(8-6-9)17-14(18)13-11(15)3-2-4-12(13)16;1-13(2,3)20-12(18)15-5-6-21-8-9(15)11(17)14-7-10(16)19-4/h2-8H,1H3,(H,17,18);9H,5-8H2,1-4H3,(H,14,17). The van der Waals surface area contributed by atoms with E-state index in [1.54, 1.807) is 50.7 Å². The van der Waals surface area contributed by atoms with Crippen LogP contribution in [0.3, 0.4) is 0 Å². The molecule has 1 saturated heterocycles. The van der Waals surface area contributed by atoms with Gasteiger partial charge in [-0.15, -0.1) is 0 Å². The van der Waals surface area contributed by atoms with E-state index in [0.29, 0.717) is 33.6 Å². The molecule has 0 aliphatic carbocycles. The third-order valence-corrected chi connectivity index (χ3v) is 6.85. The summed E-state index contributed by atoms with van der Waals surface area (Å²) in [6, 6.07) is 11.8. The Balaban J connectivity index is 0.000000276. The van der Waals surface area contributed by atoms with E-state index >= 15 is 0 Å². The molecule has 1 fully saturated rings. The van der Waals surface area contributed by atoms with E-state index in [9.17, 15) is 19.2 Å². The first-order valence-electron chi connectivity index (χ1n) is 12.1. The van der Waals surface area contributed by atoms with Crippen LogP contribution in [0, 0.1) is 6.92 Å². The lowest BCUT2D eigenvalue weighted by Gasteiger charge is -2.35. The molecule has 212 valence electrons. The highest BCUT2D eigenvalue weighted by molar-refractivity contribution is 7.99. The van der Waals surface area contributed by atoms with Crippen LogP contribution in [-0.4, -0.2) is 72.1 Å². The second-order valence-electron chi connectivity index (χ2n) is 9.48. The Labute approximate surface area is 242 Å². The lowest BCUT2D eigenvalue weighted by atomic mass is 10.2. The highest BCUT2D eigenvalue weighted by Gasteiger charge is 2.35. The smallest absolute Gasteiger partial charge is 0.411 e. The van der Waals surface area contributed by atoms with Gasteiger partial charge < -0.3 is 20.1 Å². The van der Waals surface area contributed by atoms with Gasteiger partial charge in [0.25, 0.3) is 5.91 Å². The van der Waals surface area contributed by atoms with Crippen LogP contribution in [0.5, 0.6) is 0 Å². The number of thioether (sulfide) groups is 1. The van der Waals surface area contributed by atoms with Crippen LogP contribution in [0.4, 0.5) is 10.5 Å². The van der Waals surface area contributed by atoms with E-state index in [0.717, 1.165) is 11.3 Å². The van der Waals surface area contributed by atoms with Gasteiger partial charge in [0.05, 0.1) is 22.7 Å². The number of nitrogens with one attached hydrogen (secondary N) is 2. The lowest BCUT2D eigenvalue weighted by Crippen LogP contribution is -2.55. The van der Waals surface area contributed by atoms with Crippen LogP contribution < -0.4 is 10.6 Å². The molecule has 1 aliphatic heterocycles. The third-order valence-electron chi connectivity index (χ3n) is 5.19. The number of hydrogen-bond donors (Lipinski definition) is 2. The van der Waals surface area contributed by atoms with E-state index in [2.05, 4.69) is 15.4 Å². The molecular weight excluding hydrogens is 565 g/mol. The Morgan fingerprint density at radius 1 is 1.05 bits per heavy atom. The molecule has 2 aromatic carbocycles. The first-order valence-corrected chi connectivity index (χ1v) is 14.0. The molecule has 2 N–H and O–H groups in total. The van der Waals surface area contributed by atoms with Crippen molar-refractivity contribution in [2.75, 3.05) is 37.0 Å². The monoisotopic (exact) mass is 597 g/mol. The summed E-state index contributed by atoms with van der Waals surface area (Å²) in [5.74, 6) is 0.00950. The highest BCUT2D eigenvalue weighted by Crippen LogP contribution is 2.25. The van der Waals surface area contributed by atoms with Crippen LogP contribution in [0.2, 0.25) is 10.0 Å². The first-order chi connectivity index (χ1) is 18.3. The molecule has 1 atom stereocenters. The van der Waals surface area contributed by atoms with Gasteiger partial charge in [0.2, 0.25) is 5.91 Å². The predicted molar refractivity (Wildman–Crippen MR) is 155 cm³/mol. The molecule has 1 unspecified atom stereocenters. The first kappa shape index (κ1) is 32.3. The molecule has 0 radical (unpaired) electrons. The molecule has 0 aromatic heterocycles. The molecule has 9 nitrogen and oxygen atoms in total. The molecule has 1 heterocycles. The van der Waals surface area contributed by atoms with Crippen molar-refractivity contribution in [2.24, 2.45) is 0 Å². The average molecular weight is 599 g/mol. The Hall–Kier alpha value is -2.95. The van der Waals surface area contributed by atoms with Crippen molar-refractivity contribution >= 4 is 64.5 Å². The minimum absolute atomic E-state index is 0.210. The molecule has 0 spiro atoms. The van der Waals surface area contributed by atoms with Crippen molar-refractivity contribution in [3.05, 3.63) is 63.6 Å². The molecule has 0 bridgehead atoms. The van der Waals surface area contributed by atoms with Crippen molar-refractivity contribution in [3.8, 4) is 0 Å². The van der Waals surface area contributed by atoms with Gasteiger partial charge in [-0.05, 0) is 52.0 Å². The van der Waals surface area contributed by atoms with Gasteiger partial charge >= 0.3 is 12.1 Å². The van der Waals surface area contributed by atoms with E-state index in [1.807, 2.05) is 31.2 Å². The minimum atomic E-state index is -0.636. The summed E-state index contributed by atoms with van der Waals surface area (Å²) in [5.41, 5.74) is 1.51. The van der Waals surface area contributed by atoms with E-state index in [-0.39, 0.29) is 18.4 Å². The number of carbonyl (C=O) groups is 4. The summed E-state index contributed by atoms with van der Waals surface area (Å²) in [6.45, 7) is 7.53. The van der Waals surface area contributed by atoms with Crippen LogP contribution in [0.15, 0.2) is 42.5 Å². The number of carbonyl (C=O) groups excluding carboxylic acids is 4. The Kier molecular flexibility index (Phi) is 12.4. The van der Waals surface area contributed by atoms with Crippen LogP contribution in [0.1, 0.15) is 36.7 Å². The Morgan fingerprint density at radius 3 is 2.23 bits per heavy atom. The molecule has 0 saturated carbocycles. The topological polar surface area (TPSA) is 114 Å². The average Bonchev–Trinajstić information content (AvgIpc) is 2.87. The second-order valence-corrected chi connectivity index (χ2v) is 11.4. The lowest BCUT2D eigenvalue weighted by molar-refractivity contribution is -0.141. The summed E-state index contributed by atoms with van der Waals surface area (Å²) < 4.78 is 9.77. The number of anilines is 1. The summed E-state index contributed by atoms with van der Waals surface area (Å²) >= 11 is 13.5. The molecule has 3 amide bonds. The van der Waals surface area contributed by atoms with Crippen molar-refractivity contribution in [2.45, 2.75) is 39.3 Å². The number of ether oxygens (including phenoxy) is 2. The van der Waals surface area contributed by atoms with Crippen LogP contribution in [-0.2, 0) is 19.1 Å². The van der Waals surface area contributed by atoms with Gasteiger partial charge in [-0.1, -0.05) is 47.0 Å². The number of aryl methyl sites for hydroxylation is 1. The van der Waals surface area contributed by atoms with Gasteiger partial charge in [0.1, 0.15) is 18.2 Å². The molecule has 12 heteroatoms. The van der Waals surface area contributed by atoms with Gasteiger partial charge in [0.15, 0.2) is 0 Å². The number of esters is 1. The van der Waals surface area contributed by atoms with E-state index in [1.165, 1.54) is 12.0 Å². The fourth-order valence-electron chi connectivity index (χ4n) is 3.25. The SMILES string of the molecule is COC(=O)CNC(=O)C1CSCCN1C(=O)OC(C)(C)C.Cc1ccc(NC(=O)c2c(Cl)cccc2Cl)cc1. The van der Waals surface area contributed by atoms with Gasteiger partial charge in [0, 0.05) is 23.7 Å². The third kappa shape index (κ3) is 10.6. The molecule has 3 rings (SSSR count). The zero-order valence-corrected chi connectivity index (χ0v) is 24.8. The van der Waals surface area contributed by atoms with Crippen molar-refractivity contribution < 1.29 is 28.7 Å². The van der Waals surface area contributed by atoms with E-state index < -0.39 is 23.7 Å². The number of amides is 3.